The molecule has 0 aromatic heterocycles. The Hall–Kier alpha value is -1.75. The molecular weight excluding hydrogens is 206 g/mol. The Kier molecular flexibility index (Phi) is 4.13. The first-order valence-electron chi connectivity index (χ1n) is 5.07. The Bertz CT molecular complexity index is 379. The summed E-state index contributed by atoms with van der Waals surface area (Å²) in [6, 6.07) is 4.88. The molecule has 1 aromatic rings. The van der Waals surface area contributed by atoms with Crippen molar-refractivity contribution in [3.05, 3.63) is 23.8 Å². The largest absolute Gasteiger partial charge is 0.397 e. The monoisotopic (exact) mass is 223 g/mol. The van der Waals surface area contributed by atoms with Gasteiger partial charge in [0.15, 0.2) is 0 Å². The van der Waals surface area contributed by atoms with Gasteiger partial charge >= 0.3 is 0 Å². The number of amides is 1. The molecule has 5 heteroatoms. The molecule has 0 radical (unpaired) electrons. The van der Waals surface area contributed by atoms with Crippen LogP contribution in [0.2, 0.25) is 0 Å². The van der Waals surface area contributed by atoms with Gasteiger partial charge in [0, 0.05) is 18.7 Å². The topological polar surface area (TPSA) is 87.4 Å². The zero-order chi connectivity index (χ0) is 12.1. The van der Waals surface area contributed by atoms with Crippen molar-refractivity contribution in [2.45, 2.75) is 13.0 Å². The molecule has 16 heavy (non-hydrogen) atoms. The lowest BCUT2D eigenvalue weighted by Crippen LogP contribution is -2.21. The van der Waals surface area contributed by atoms with Crippen LogP contribution in [-0.2, 0) is 0 Å². The summed E-state index contributed by atoms with van der Waals surface area (Å²) in [5.41, 5.74) is 7.49. The zero-order valence-electron chi connectivity index (χ0n) is 9.45. The maximum absolute atomic E-state index is 11.4. The van der Waals surface area contributed by atoms with Crippen LogP contribution in [0.3, 0.4) is 0 Å². The third-order valence-electron chi connectivity index (χ3n) is 2.22. The summed E-state index contributed by atoms with van der Waals surface area (Å²) >= 11 is 0. The second-order valence-corrected chi connectivity index (χ2v) is 3.61. The molecule has 1 atom stereocenters. The van der Waals surface area contributed by atoms with Crippen LogP contribution in [-0.4, -0.2) is 30.7 Å². The van der Waals surface area contributed by atoms with Crippen LogP contribution in [0.15, 0.2) is 18.2 Å². The van der Waals surface area contributed by atoms with Crippen molar-refractivity contribution in [2.75, 3.05) is 24.7 Å². The first-order valence-corrected chi connectivity index (χ1v) is 5.07. The van der Waals surface area contributed by atoms with E-state index in [9.17, 15) is 4.79 Å². The van der Waals surface area contributed by atoms with Crippen molar-refractivity contribution in [1.82, 2.24) is 5.32 Å². The van der Waals surface area contributed by atoms with Crippen LogP contribution in [0, 0.1) is 0 Å². The van der Waals surface area contributed by atoms with Crippen molar-refractivity contribution < 1.29 is 9.90 Å². The lowest BCUT2D eigenvalue weighted by Gasteiger charge is -2.15. The van der Waals surface area contributed by atoms with Gasteiger partial charge in [0.25, 0.3) is 5.91 Å². The van der Waals surface area contributed by atoms with E-state index in [1.54, 1.807) is 25.2 Å². The summed E-state index contributed by atoms with van der Waals surface area (Å²) in [6.45, 7) is 1.83. The first-order chi connectivity index (χ1) is 7.58. The van der Waals surface area contributed by atoms with Gasteiger partial charge in [0.2, 0.25) is 0 Å². The van der Waals surface area contributed by atoms with E-state index in [4.69, 9.17) is 10.8 Å². The second kappa shape index (κ2) is 5.37. The number of anilines is 2. The highest BCUT2D eigenvalue weighted by Crippen LogP contribution is 2.20. The van der Waals surface area contributed by atoms with Gasteiger partial charge in [-0.1, -0.05) is 0 Å². The molecule has 0 saturated heterocycles. The highest BCUT2D eigenvalue weighted by Gasteiger charge is 2.08. The molecule has 0 aliphatic heterocycles. The second-order valence-electron chi connectivity index (χ2n) is 3.61. The van der Waals surface area contributed by atoms with Crippen molar-refractivity contribution in [3.63, 3.8) is 0 Å². The molecule has 5 nitrogen and oxygen atoms in total. The normalized spacial score (nSPS) is 11.9. The molecule has 1 rings (SSSR count). The molecule has 0 spiro atoms. The van der Waals surface area contributed by atoms with E-state index < -0.39 is 0 Å². The molecule has 88 valence electrons. The highest BCUT2D eigenvalue weighted by atomic mass is 16.3. The summed E-state index contributed by atoms with van der Waals surface area (Å²) in [6.07, 6.45) is 0. The standard InChI is InChI=1S/C11H17N3O2/c1-7(6-15)14-10-5-8(11(16)13-2)3-4-9(10)12/h3-5,7,14-15H,6,12H2,1-2H3,(H,13,16). The van der Waals surface area contributed by atoms with Gasteiger partial charge < -0.3 is 21.5 Å². The van der Waals surface area contributed by atoms with E-state index in [0.29, 0.717) is 16.9 Å². The van der Waals surface area contributed by atoms with Crippen LogP contribution in [0.4, 0.5) is 11.4 Å². The number of benzene rings is 1. The molecule has 0 heterocycles. The Morgan fingerprint density at radius 2 is 2.25 bits per heavy atom. The number of rotatable bonds is 4. The van der Waals surface area contributed by atoms with Crippen LogP contribution in [0.5, 0.6) is 0 Å². The third kappa shape index (κ3) is 2.87. The van der Waals surface area contributed by atoms with Gasteiger partial charge in [-0.3, -0.25) is 4.79 Å². The molecular formula is C11H17N3O2. The van der Waals surface area contributed by atoms with Gasteiger partial charge in [-0.25, -0.2) is 0 Å². The number of aliphatic hydroxyl groups excluding tert-OH is 1. The Morgan fingerprint density at radius 3 is 2.81 bits per heavy atom. The lowest BCUT2D eigenvalue weighted by atomic mass is 10.1. The molecule has 0 aliphatic carbocycles. The van der Waals surface area contributed by atoms with Gasteiger partial charge in [0.05, 0.1) is 18.0 Å². The fourth-order valence-corrected chi connectivity index (χ4v) is 1.28. The number of nitrogens with two attached hydrogens (primary N) is 1. The maximum Gasteiger partial charge on any atom is 0.251 e. The van der Waals surface area contributed by atoms with Crippen LogP contribution in [0.25, 0.3) is 0 Å². The number of nitrogens with one attached hydrogen (secondary N) is 2. The van der Waals surface area contributed by atoms with E-state index in [2.05, 4.69) is 10.6 Å². The number of hydrogen-bond donors (Lipinski definition) is 4. The van der Waals surface area contributed by atoms with Gasteiger partial charge in [-0.2, -0.15) is 0 Å². The summed E-state index contributed by atoms with van der Waals surface area (Å²) in [5, 5.41) is 14.5. The predicted molar refractivity (Wildman–Crippen MR) is 64.4 cm³/mol. The van der Waals surface area contributed by atoms with E-state index in [0.717, 1.165) is 0 Å². The Morgan fingerprint density at radius 1 is 1.56 bits per heavy atom. The minimum Gasteiger partial charge on any atom is -0.397 e. The van der Waals surface area contributed by atoms with E-state index in [1.165, 1.54) is 0 Å². The highest BCUT2D eigenvalue weighted by molar-refractivity contribution is 5.96. The summed E-state index contributed by atoms with van der Waals surface area (Å²) in [4.78, 5) is 11.4. The van der Waals surface area contributed by atoms with Crippen LogP contribution >= 0.6 is 0 Å². The molecule has 0 aliphatic rings. The van der Waals surface area contributed by atoms with Gasteiger partial charge in [-0.15, -0.1) is 0 Å². The number of carbonyl (C=O) groups excluding carboxylic acids is 1. The predicted octanol–water partition coefficient (Wildman–Crippen LogP) is 0.421. The van der Waals surface area contributed by atoms with Gasteiger partial charge in [-0.05, 0) is 25.1 Å². The lowest BCUT2D eigenvalue weighted by molar-refractivity contribution is 0.0963. The summed E-state index contributed by atoms with van der Waals surface area (Å²) < 4.78 is 0. The Labute approximate surface area is 94.7 Å². The maximum atomic E-state index is 11.4. The average molecular weight is 223 g/mol. The third-order valence-corrected chi connectivity index (χ3v) is 2.22. The number of hydrogen-bond acceptors (Lipinski definition) is 4. The molecule has 0 fully saturated rings. The molecule has 1 amide bonds. The molecule has 1 aromatic carbocycles. The SMILES string of the molecule is CNC(=O)c1ccc(N)c(NC(C)CO)c1. The summed E-state index contributed by atoms with van der Waals surface area (Å²) in [7, 11) is 1.57. The van der Waals surface area contributed by atoms with Crippen molar-refractivity contribution >= 4 is 17.3 Å². The molecule has 1 unspecified atom stereocenters. The fraction of sp³-hybridized carbons (Fsp3) is 0.364. The van der Waals surface area contributed by atoms with Crippen LogP contribution < -0.4 is 16.4 Å². The van der Waals surface area contributed by atoms with E-state index in [-0.39, 0.29) is 18.6 Å². The molecule has 0 saturated carbocycles. The van der Waals surface area contributed by atoms with E-state index >= 15 is 0 Å². The molecule has 0 bridgehead atoms. The minimum absolute atomic E-state index is 0.00361. The van der Waals surface area contributed by atoms with Crippen LogP contribution in [0.1, 0.15) is 17.3 Å². The van der Waals surface area contributed by atoms with Gasteiger partial charge in [0.1, 0.15) is 0 Å². The fourth-order valence-electron chi connectivity index (χ4n) is 1.28. The van der Waals surface area contributed by atoms with Crippen molar-refractivity contribution in [2.24, 2.45) is 0 Å². The van der Waals surface area contributed by atoms with Crippen molar-refractivity contribution in [3.8, 4) is 0 Å². The number of carbonyl (C=O) groups is 1. The van der Waals surface area contributed by atoms with Crippen molar-refractivity contribution in [1.29, 1.82) is 0 Å². The number of aliphatic hydroxyl groups is 1. The van der Waals surface area contributed by atoms with E-state index in [1.807, 2.05) is 6.92 Å². The minimum atomic E-state index is -0.167. The quantitative estimate of drug-likeness (QED) is 0.557. The summed E-state index contributed by atoms with van der Waals surface area (Å²) in [5.74, 6) is -0.167. The molecule has 5 N–H and O–H groups in total. The number of nitrogen functional groups attached to an aromatic ring is 1. The smallest absolute Gasteiger partial charge is 0.251 e. The Balaban J connectivity index is 2.94. The first kappa shape index (κ1) is 12.3. The zero-order valence-corrected chi connectivity index (χ0v) is 9.45. The average Bonchev–Trinajstić information content (AvgIpc) is 2.30.